The van der Waals surface area contributed by atoms with E-state index in [4.69, 9.17) is 5.73 Å². The van der Waals surface area contributed by atoms with Crippen molar-refractivity contribution < 1.29 is 0 Å². The van der Waals surface area contributed by atoms with Gasteiger partial charge in [-0.25, -0.2) is 9.97 Å². The molecular formula is C14H19N5. The maximum absolute atomic E-state index is 5.90. The van der Waals surface area contributed by atoms with E-state index in [1.54, 1.807) is 0 Å². The highest BCUT2D eigenvalue weighted by Crippen LogP contribution is 2.26. The van der Waals surface area contributed by atoms with Crippen molar-refractivity contribution in [3.05, 3.63) is 24.0 Å². The number of aryl methyl sites for hydroxylation is 1. The van der Waals surface area contributed by atoms with Crippen LogP contribution in [0.5, 0.6) is 0 Å². The fraction of sp³-hybridized carbons (Fsp3) is 0.429. The number of rotatable bonds is 1. The maximum atomic E-state index is 5.90. The van der Waals surface area contributed by atoms with E-state index in [2.05, 4.69) is 20.2 Å². The van der Waals surface area contributed by atoms with Gasteiger partial charge in [0.25, 0.3) is 0 Å². The Morgan fingerprint density at radius 3 is 3.00 bits per heavy atom. The molecule has 0 unspecified atom stereocenters. The smallest absolute Gasteiger partial charge is 0.140 e. The Balaban J connectivity index is 2.12. The molecular weight excluding hydrogens is 238 g/mol. The summed E-state index contributed by atoms with van der Waals surface area (Å²) in [5, 5.41) is 4.46. The van der Waals surface area contributed by atoms with Crippen LogP contribution in [0.4, 0.5) is 11.5 Å². The van der Waals surface area contributed by atoms with Gasteiger partial charge in [0.1, 0.15) is 11.6 Å². The number of anilines is 2. The third kappa shape index (κ3) is 2.46. The zero-order valence-corrected chi connectivity index (χ0v) is 11.2. The van der Waals surface area contributed by atoms with E-state index >= 15 is 0 Å². The van der Waals surface area contributed by atoms with Crippen molar-refractivity contribution in [3.63, 3.8) is 0 Å². The predicted molar refractivity (Wildman–Crippen MR) is 78.4 cm³/mol. The summed E-state index contributed by atoms with van der Waals surface area (Å²) in [6.45, 7) is 6.00. The van der Waals surface area contributed by atoms with Crippen molar-refractivity contribution in [2.24, 2.45) is 0 Å². The fourth-order valence-corrected chi connectivity index (χ4v) is 2.54. The van der Waals surface area contributed by atoms with Crippen LogP contribution >= 0.6 is 0 Å². The summed E-state index contributed by atoms with van der Waals surface area (Å²) < 4.78 is 0. The van der Waals surface area contributed by atoms with Crippen LogP contribution < -0.4 is 16.0 Å². The van der Waals surface area contributed by atoms with Gasteiger partial charge in [0.2, 0.25) is 0 Å². The summed E-state index contributed by atoms with van der Waals surface area (Å²) in [6.07, 6.45) is 1.13. The van der Waals surface area contributed by atoms with E-state index < -0.39 is 0 Å². The Labute approximate surface area is 112 Å². The maximum Gasteiger partial charge on any atom is 0.140 e. The Hall–Kier alpha value is -1.88. The third-order valence-electron chi connectivity index (χ3n) is 3.45. The van der Waals surface area contributed by atoms with Crippen LogP contribution in [0.2, 0.25) is 0 Å². The average Bonchev–Trinajstić information content (AvgIpc) is 2.67. The molecule has 5 heteroatoms. The molecule has 1 aromatic heterocycles. The molecule has 0 bridgehead atoms. The molecule has 0 saturated carbocycles. The summed E-state index contributed by atoms with van der Waals surface area (Å²) in [6, 6.07) is 5.84. The molecule has 3 N–H and O–H groups in total. The summed E-state index contributed by atoms with van der Waals surface area (Å²) in [5.74, 6) is 1.82. The molecule has 1 aromatic carbocycles. The van der Waals surface area contributed by atoms with Gasteiger partial charge < -0.3 is 16.0 Å². The van der Waals surface area contributed by atoms with Crippen molar-refractivity contribution in [2.75, 3.05) is 36.8 Å². The molecule has 0 radical (unpaired) electrons. The highest BCUT2D eigenvalue weighted by Gasteiger charge is 2.15. The van der Waals surface area contributed by atoms with Gasteiger partial charge in [-0.1, -0.05) is 0 Å². The Bertz CT molecular complexity index is 588. The predicted octanol–water partition coefficient (Wildman–Crippen LogP) is 1.32. The number of nitrogens with two attached hydrogens (primary N) is 1. The van der Waals surface area contributed by atoms with Crippen LogP contribution in [0.25, 0.3) is 10.9 Å². The van der Waals surface area contributed by atoms with E-state index in [0.29, 0.717) is 0 Å². The van der Waals surface area contributed by atoms with Crippen LogP contribution in [-0.2, 0) is 0 Å². The van der Waals surface area contributed by atoms with Crippen LogP contribution in [0.1, 0.15) is 12.2 Å². The highest BCUT2D eigenvalue weighted by molar-refractivity contribution is 5.91. The number of nitrogens with one attached hydrogen (secondary N) is 1. The van der Waals surface area contributed by atoms with Crippen molar-refractivity contribution in [1.82, 2.24) is 15.3 Å². The lowest BCUT2D eigenvalue weighted by Crippen LogP contribution is -2.29. The van der Waals surface area contributed by atoms with Crippen molar-refractivity contribution in [3.8, 4) is 0 Å². The molecule has 1 aliphatic rings. The van der Waals surface area contributed by atoms with E-state index in [0.717, 1.165) is 60.8 Å². The number of hydrogen-bond acceptors (Lipinski definition) is 5. The lowest BCUT2D eigenvalue weighted by atomic mass is 10.2. The van der Waals surface area contributed by atoms with Crippen LogP contribution in [0.15, 0.2) is 18.2 Å². The molecule has 0 aliphatic carbocycles. The van der Waals surface area contributed by atoms with Gasteiger partial charge in [0.05, 0.1) is 5.52 Å². The first kappa shape index (κ1) is 12.2. The Morgan fingerprint density at radius 1 is 1.21 bits per heavy atom. The van der Waals surface area contributed by atoms with Gasteiger partial charge in [-0.15, -0.1) is 0 Å². The Morgan fingerprint density at radius 2 is 2.11 bits per heavy atom. The van der Waals surface area contributed by atoms with Crippen LogP contribution in [0, 0.1) is 6.92 Å². The number of nitrogens with zero attached hydrogens (tertiary/aromatic N) is 3. The second-order valence-electron chi connectivity index (χ2n) is 4.96. The number of nitrogen functional groups attached to an aromatic ring is 1. The quantitative estimate of drug-likeness (QED) is 0.754. The largest absolute Gasteiger partial charge is 0.399 e. The first-order valence-electron chi connectivity index (χ1n) is 6.73. The summed E-state index contributed by atoms with van der Waals surface area (Å²) in [4.78, 5) is 11.5. The minimum atomic E-state index is 0.758. The van der Waals surface area contributed by atoms with Gasteiger partial charge in [0.15, 0.2) is 0 Å². The van der Waals surface area contributed by atoms with E-state index in [1.165, 1.54) is 0 Å². The molecule has 1 aliphatic heterocycles. The fourth-order valence-electron chi connectivity index (χ4n) is 2.54. The monoisotopic (exact) mass is 257 g/mol. The molecule has 1 fully saturated rings. The van der Waals surface area contributed by atoms with Gasteiger partial charge in [-0.2, -0.15) is 0 Å². The molecule has 0 atom stereocenters. The minimum absolute atomic E-state index is 0.758. The molecule has 1 saturated heterocycles. The van der Waals surface area contributed by atoms with E-state index in [-0.39, 0.29) is 0 Å². The second kappa shape index (κ2) is 5.01. The van der Waals surface area contributed by atoms with E-state index in [9.17, 15) is 0 Å². The summed E-state index contributed by atoms with van der Waals surface area (Å²) in [7, 11) is 0. The number of fused-ring (bicyclic) bond motifs is 1. The zero-order valence-electron chi connectivity index (χ0n) is 11.2. The topological polar surface area (TPSA) is 67.1 Å². The van der Waals surface area contributed by atoms with Gasteiger partial charge in [-0.05, 0) is 38.1 Å². The van der Waals surface area contributed by atoms with Crippen LogP contribution in [0.3, 0.4) is 0 Å². The first-order chi connectivity index (χ1) is 9.24. The number of benzene rings is 1. The van der Waals surface area contributed by atoms with Gasteiger partial charge in [0, 0.05) is 30.7 Å². The SMILES string of the molecule is Cc1nc(N2CCCNCC2)c2cc(N)ccc2n1. The number of aromatic nitrogens is 2. The molecule has 2 aromatic rings. The molecule has 19 heavy (non-hydrogen) atoms. The van der Waals surface area contributed by atoms with E-state index in [1.807, 2.05) is 25.1 Å². The lowest BCUT2D eigenvalue weighted by molar-refractivity contribution is 0.724. The summed E-state index contributed by atoms with van der Waals surface area (Å²) in [5.41, 5.74) is 7.63. The Kier molecular flexibility index (Phi) is 3.21. The molecule has 5 nitrogen and oxygen atoms in total. The number of hydrogen-bond donors (Lipinski definition) is 2. The molecule has 0 amide bonds. The second-order valence-corrected chi connectivity index (χ2v) is 4.96. The third-order valence-corrected chi connectivity index (χ3v) is 3.45. The molecule has 0 spiro atoms. The zero-order chi connectivity index (χ0) is 13.2. The average molecular weight is 257 g/mol. The van der Waals surface area contributed by atoms with Gasteiger partial charge >= 0.3 is 0 Å². The van der Waals surface area contributed by atoms with Crippen LogP contribution in [-0.4, -0.2) is 36.1 Å². The van der Waals surface area contributed by atoms with Crippen molar-refractivity contribution in [2.45, 2.75) is 13.3 Å². The minimum Gasteiger partial charge on any atom is -0.399 e. The van der Waals surface area contributed by atoms with Crippen molar-refractivity contribution >= 4 is 22.4 Å². The standard InChI is InChI=1S/C14H19N5/c1-10-17-13-4-3-11(15)9-12(13)14(18-10)19-7-2-5-16-6-8-19/h3-4,9,16H,2,5-8,15H2,1H3. The summed E-state index contributed by atoms with van der Waals surface area (Å²) >= 11 is 0. The molecule has 3 rings (SSSR count). The lowest BCUT2D eigenvalue weighted by Gasteiger charge is -2.23. The molecule has 2 heterocycles. The first-order valence-corrected chi connectivity index (χ1v) is 6.73. The normalized spacial score (nSPS) is 16.6. The van der Waals surface area contributed by atoms with Crippen molar-refractivity contribution in [1.29, 1.82) is 0 Å². The van der Waals surface area contributed by atoms with Gasteiger partial charge in [-0.3, -0.25) is 0 Å². The highest BCUT2D eigenvalue weighted by atomic mass is 15.2. The molecule has 100 valence electrons.